The second-order valence-corrected chi connectivity index (χ2v) is 9.17. The zero-order chi connectivity index (χ0) is 22.8. The van der Waals surface area contributed by atoms with Crippen LogP contribution in [0.1, 0.15) is 39.1 Å². The van der Waals surface area contributed by atoms with Crippen molar-refractivity contribution in [3.8, 4) is 0 Å². The molecule has 2 atom stereocenters. The molecular weight excluding hydrogens is 423 g/mol. The van der Waals surface area contributed by atoms with Crippen molar-refractivity contribution in [2.75, 3.05) is 29.4 Å². The van der Waals surface area contributed by atoms with Crippen LogP contribution in [-0.2, 0) is 11.6 Å². The molecule has 0 radical (unpaired) electrons. The molecule has 0 aliphatic carbocycles. The van der Waals surface area contributed by atoms with Gasteiger partial charge in [-0.15, -0.1) is 10.2 Å². The molecule has 0 unspecified atom stereocenters. The topological polar surface area (TPSA) is 87.4 Å². The lowest BCUT2D eigenvalue weighted by molar-refractivity contribution is -0.145. The van der Waals surface area contributed by atoms with E-state index in [2.05, 4.69) is 63.1 Å². The van der Waals surface area contributed by atoms with E-state index in [0.29, 0.717) is 24.2 Å². The summed E-state index contributed by atoms with van der Waals surface area (Å²) in [4.78, 5) is 17.7. The minimum absolute atomic E-state index is 0.0340. The number of halogens is 3. The highest BCUT2D eigenvalue weighted by Crippen LogP contribution is 2.46. The maximum absolute atomic E-state index is 13.4. The van der Waals surface area contributed by atoms with Gasteiger partial charge in [-0.2, -0.15) is 13.2 Å². The third-order valence-electron chi connectivity index (χ3n) is 6.14. The van der Waals surface area contributed by atoms with Gasteiger partial charge in [0.15, 0.2) is 11.5 Å². The van der Waals surface area contributed by atoms with Crippen molar-refractivity contribution in [3.63, 3.8) is 0 Å². The van der Waals surface area contributed by atoms with Gasteiger partial charge in [-0.05, 0) is 13.8 Å². The first-order chi connectivity index (χ1) is 15.1. The number of hydrogen-bond donors (Lipinski definition) is 1. The highest BCUT2D eigenvalue weighted by molar-refractivity contribution is 5.73. The van der Waals surface area contributed by atoms with Crippen LogP contribution in [0.3, 0.4) is 0 Å². The van der Waals surface area contributed by atoms with E-state index in [1.807, 2.05) is 4.90 Å². The Morgan fingerprint density at radius 3 is 2.59 bits per heavy atom. The van der Waals surface area contributed by atoms with Crippen LogP contribution in [0.2, 0.25) is 0 Å². The fourth-order valence-corrected chi connectivity index (χ4v) is 4.57. The van der Waals surface area contributed by atoms with Crippen molar-refractivity contribution >= 4 is 23.1 Å². The number of nitrogens with zero attached hydrogens (tertiary/aromatic N) is 8. The highest BCUT2D eigenvalue weighted by atomic mass is 19.4. The molecule has 0 amide bonds. The van der Waals surface area contributed by atoms with Gasteiger partial charge >= 0.3 is 6.18 Å². The molecule has 1 fully saturated rings. The van der Waals surface area contributed by atoms with Crippen molar-refractivity contribution in [2.45, 2.75) is 51.4 Å². The van der Waals surface area contributed by atoms with Crippen molar-refractivity contribution < 1.29 is 13.2 Å². The lowest BCUT2D eigenvalue weighted by atomic mass is 9.87. The van der Waals surface area contributed by atoms with Gasteiger partial charge < -0.3 is 15.1 Å². The van der Waals surface area contributed by atoms with Gasteiger partial charge in [-0.25, -0.2) is 15.0 Å². The Morgan fingerprint density at radius 1 is 1.09 bits per heavy atom. The molecule has 1 N–H and O–H groups in total. The number of alkyl halides is 3. The van der Waals surface area contributed by atoms with Gasteiger partial charge in [0.25, 0.3) is 0 Å². The quantitative estimate of drug-likeness (QED) is 0.642. The van der Waals surface area contributed by atoms with Crippen molar-refractivity contribution in [2.24, 2.45) is 0 Å². The fourth-order valence-electron chi connectivity index (χ4n) is 4.57. The SMILES string of the molecule is C[C@@H]1CN(c2ncnc3c2C(C)(C)CN3c2cn3c(C(F)(F)F)nnc3cn2)[C@@H](C)CN1. The first kappa shape index (κ1) is 20.9. The molecule has 12 heteroatoms. The van der Waals surface area contributed by atoms with E-state index in [9.17, 15) is 13.2 Å². The Bertz CT molecular complexity index is 1170. The predicted octanol–water partition coefficient (Wildman–Crippen LogP) is 2.55. The molecule has 2 aliphatic rings. The standard InChI is InChI=1S/C20H24F3N9/c1-11-7-30(12(2)5-24-11)16-15-17(27-10-26-16)32(9-19(15,3)4)14-8-31-13(6-25-14)28-29-18(31)20(21,22)23/h6,8,10-12,24H,5,7,9H2,1-4H3/t11-,12+/m1/s1. The summed E-state index contributed by atoms with van der Waals surface area (Å²) in [7, 11) is 0. The largest absolute Gasteiger partial charge is 0.452 e. The number of piperazine rings is 1. The van der Waals surface area contributed by atoms with Crippen molar-refractivity contribution in [1.29, 1.82) is 0 Å². The number of hydrogen-bond acceptors (Lipinski definition) is 8. The maximum atomic E-state index is 13.4. The lowest BCUT2D eigenvalue weighted by Crippen LogP contribution is -2.55. The van der Waals surface area contributed by atoms with Gasteiger partial charge in [0.2, 0.25) is 5.82 Å². The van der Waals surface area contributed by atoms with Crippen LogP contribution in [-0.4, -0.2) is 61.3 Å². The van der Waals surface area contributed by atoms with Crippen LogP contribution < -0.4 is 15.1 Å². The Labute approximate surface area is 182 Å². The normalized spacial score (nSPS) is 23.1. The van der Waals surface area contributed by atoms with Crippen LogP contribution in [0.5, 0.6) is 0 Å². The smallest absolute Gasteiger partial charge is 0.351 e. The third kappa shape index (κ3) is 3.24. The molecule has 0 aromatic carbocycles. The number of rotatable bonds is 2. The summed E-state index contributed by atoms with van der Waals surface area (Å²) in [5.74, 6) is 0.791. The summed E-state index contributed by atoms with van der Waals surface area (Å²) in [5.41, 5.74) is 0.672. The molecule has 0 saturated carbocycles. The summed E-state index contributed by atoms with van der Waals surface area (Å²) in [6.07, 6.45) is -0.490. The lowest BCUT2D eigenvalue weighted by Gasteiger charge is -2.40. The second kappa shape index (κ2) is 6.99. The highest BCUT2D eigenvalue weighted by Gasteiger charge is 2.43. The first-order valence-corrected chi connectivity index (χ1v) is 10.5. The van der Waals surface area contributed by atoms with E-state index in [1.54, 1.807) is 0 Å². The molecular formula is C20H24F3N9. The zero-order valence-corrected chi connectivity index (χ0v) is 18.2. The molecule has 5 heterocycles. The Balaban J connectivity index is 1.62. The third-order valence-corrected chi connectivity index (χ3v) is 6.14. The van der Waals surface area contributed by atoms with Crippen LogP contribution >= 0.6 is 0 Å². The average molecular weight is 447 g/mol. The molecule has 0 bridgehead atoms. The Hall–Kier alpha value is -3.02. The number of nitrogens with one attached hydrogen (secondary N) is 1. The molecule has 3 aromatic heterocycles. The molecule has 0 spiro atoms. The van der Waals surface area contributed by atoms with Crippen LogP contribution in [0.4, 0.5) is 30.6 Å². The molecule has 2 aliphatic heterocycles. The molecule has 5 rings (SSSR count). The average Bonchev–Trinajstić information content (AvgIpc) is 3.28. The van der Waals surface area contributed by atoms with Crippen molar-refractivity contribution in [1.82, 2.24) is 34.9 Å². The van der Waals surface area contributed by atoms with E-state index < -0.39 is 12.0 Å². The maximum Gasteiger partial charge on any atom is 0.452 e. The van der Waals surface area contributed by atoms with Crippen LogP contribution in [0.25, 0.3) is 5.65 Å². The number of aromatic nitrogens is 6. The van der Waals surface area contributed by atoms with Gasteiger partial charge in [-0.3, -0.25) is 4.40 Å². The number of anilines is 3. The zero-order valence-electron chi connectivity index (χ0n) is 18.2. The molecule has 32 heavy (non-hydrogen) atoms. The summed E-state index contributed by atoms with van der Waals surface area (Å²) >= 11 is 0. The summed E-state index contributed by atoms with van der Waals surface area (Å²) < 4.78 is 41.0. The summed E-state index contributed by atoms with van der Waals surface area (Å²) in [6, 6.07) is 0.562. The van der Waals surface area contributed by atoms with Gasteiger partial charge in [0.05, 0.1) is 12.4 Å². The molecule has 1 saturated heterocycles. The van der Waals surface area contributed by atoms with E-state index in [-0.39, 0.29) is 17.1 Å². The van der Waals surface area contributed by atoms with Crippen molar-refractivity contribution in [3.05, 3.63) is 30.1 Å². The minimum atomic E-state index is -4.62. The second-order valence-electron chi connectivity index (χ2n) is 9.17. The molecule has 170 valence electrons. The van der Waals surface area contributed by atoms with Gasteiger partial charge in [0, 0.05) is 42.7 Å². The van der Waals surface area contributed by atoms with E-state index >= 15 is 0 Å². The van der Waals surface area contributed by atoms with Gasteiger partial charge in [-0.1, -0.05) is 13.8 Å². The van der Waals surface area contributed by atoms with Crippen LogP contribution in [0.15, 0.2) is 18.7 Å². The molecule has 9 nitrogen and oxygen atoms in total. The Morgan fingerprint density at radius 2 is 1.84 bits per heavy atom. The predicted molar refractivity (Wildman–Crippen MR) is 112 cm³/mol. The monoisotopic (exact) mass is 447 g/mol. The minimum Gasteiger partial charge on any atom is -0.351 e. The first-order valence-electron chi connectivity index (χ1n) is 10.5. The van der Waals surface area contributed by atoms with E-state index in [0.717, 1.165) is 28.9 Å². The van der Waals surface area contributed by atoms with E-state index in [4.69, 9.17) is 0 Å². The van der Waals surface area contributed by atoms with Gasteiger partial charge in [0.1, 0.15) is 18.0 Å². The Kier molecular flexibility index (Phi) is 4.56. The van der Waals surface area contributed by atoms with Crippen LogP contribution in [0, 0.1) is 0 Å². The summed E-state index contributed by atoms with van der Waals surface area (Å²) in [5, 5.41) is 10.4. The van der Waals surface area contributed by atoms with E-state index in [1.165, 1.54) is 18.7 Å². The fraction of sp³-hybridized carbons (Fsp3) is 0.550. The molecule has 3 aromatic rings. The summed E-state index contributed by atoms with van der Waals surface area (Å²) in [6.45, 7) is 10.6. The number of fused-ring (bicyclic) bond motifs is 2.